The number of fused-ring (bicyclic) bond motifs is 1. The molecule has 0 bridgehead atoms. The molecule has 1 fully saturated rings. The Morgan fingerprint density at radius 1 is 1.00 bits per heavy atom. The number of rotatable bonds is 3. The van der Waals surface area contributed by atoms with E-state index in [9.17, 15) is 0 Å². The highest BCUT2D eigenvalue weighted by Crippen LogP contribution is 2.33. The number of pyridine rings is 2. The van der Waals surface area contributed by atoms with Crippen molar-refractivity contribution in [3.63, 3.8) is 0 Å². The van der Waals surface area contributed by atoms with E-state index in [1.165, 1.54) is 0 Å². The molecule has 27 heavy (non-hydrogen) atoms. The first kappa shape index (κ1) is 15.9. The number of anilines is 1. The van der Waals surface area contributed by atoms with Crippen LogP contribution in [0.5, 0.6) is 0 Å². The van der Waals surface area contributed by atoms with Crippen molar-refractivity contribution < 1.29 is 0 Å². The summed E-state index contributed by atoms with van der Waals surface area (Å²) in [6.45, 7) is 1.82. The van der Waals surface area contributed by atoms with Crippen LogP contribution in [0.3, 0.4) is 0 Å². The zero-order valence-electron chi connectivity index (χ0n) is 15.0. The van der Waals surface area contributed by atoms with Crippen LogP contribution in [0.25, 0.3) is 22.6 Å². The van der Waals surface area contributed by atoms with Gasteiger partial charge in [-0.3, -0.25) is 14.6 Å². The lowest BCUT2D eigenvalue weighted by Gasteiger charge is -2.19. The molecule has 5 heterocycles. The van der Waals surface area contributed by atoms with E-state index in [1.807, 2.05) is 48.3 Å². The third-order valence-corrected chi connectivity index (χ3v) is 5.06. The summed E-state index contributed by atoms with van der Waals surface area (Å²) >= 11 is 0. The van der Waals surface area contributed by atoms with Crippen LogP contribution in [-0.2, 0) is 7.05 Å². The number of hydrogen-bond donors (Lipinski definition) is 0. The second kappa shape index (κ2) is 6.42. The number of nitrogens with zero attached hydrogens (tertiary/aromatic N) is 7. The van der Waals surface area contributed by atoms with Gasteiger partial charge in [-0.1, -0.05) is 12.1 Å². The Morgan fingerprint density at radius 3 is 2.63 bits per heavy atom. The minimum atomic E-state index is 0.405. The van der Waals surface area contributed by atoms with E-state index in [0.29, 0.717) is 11.7 Å². The second-order valence-electron chi connectivity index (χ2n) is 6.77. The lowest BCUT2D eigenvalue weighted by molar-refractivity contribution is 0.743. The standard InChI is InChI=1S/C20H19N7/c1-26-18-17(12-23-26)24-19(16-7-3-5-10-22-16)25-20(18)27-11-8-14(13-27)15-6-2-4-9-21-15/h2-7,9-10,12,14H,8,11,13H2,1H3. The van der Waals surface area contributed by atoms with Gasteiger partial charge < -0.3 is 4.90 Å². The molecule has 7 heteroatoms. The molecule has 134 valence electrons. The van der Waals surface area contributed by atoms with Crippen molar-refractivity contribution in [2.45, 2.75) is 12.3 Å². The van der Waals surface area contributed by atoms with Gasteiger partial charge in [0.25, 0.3) is 0 Å². The van der Waals surface area contributed by atoms with E-state index in [1.54, 1.807) is 12.4 Å². The Bertz CT molecular complexity index is 1080. The Labute approximate surface area is 156 Å². The molecule has 1 unspecified atom stereocenters. The molecule has 0 saturated carbocycles. The quantitative estimate of drug-likeness (QED) is 0.561. The predicted molar refractivity (Wildman–Crippen MR) is 103 cm³/mol. The molecule has 4 aromatic heterocycles. The minimum Gasteiger partial charge on any atom is -0.354 e. The zero-order chi connectivity index (χ0) is 18.2. The first-order valence-corrected chi connectivity index (χ1v) is 9.06. The number of hydrogen-bond acceptors (Lipinski definition) is 6. The predicted octanol–water partition coefficient (Wildman–Crippen LogP) is 2.81. The smallest absolute Gasteiger partial charge is 0.180 e. The minimum absolute atomic E-state index is 0.405. The fraction of sp³-hybridized carbons (Fsp3) is 0.250. The monoisotopic (exact) mass is 357 g/mol. The molecular formula is C20H19N7. The summed E-state index contributed by atoms with van der Waals surface area (Å²) in [5, 5.41) is 4.39. The molecule has 0 aromatic carbocycles. The van der Waals surface area contributed by atoms with Gasteiger partial charge in [0.15, 0.2) is 11.6 Å². The highest BCUT2D eigenvalue weighted by molar-refractivity contribution is 5.87. The van der Waals surface area contributed by atoms with Crippen molar-refractivity contribution in [3.8, 4) is 11.5 Å². The summed E-state index contributed by atoms with van der Waals surface area (Å²) in [5.74, 6) is 1.95. The van der Waals surface area contributed by atoms with Crippen LogP contribution in [0, 0.1) is 0 Å². The number of aromatic nitrogens is 6. The van der Waals surface area contributed by atoms with Crippen LogP contribution in [0.2, 0.25) is 0 Å². The summed E-state index contributed by atoms with van der Waals surface area (Å²) in [6, 6.07) is 11.9. The SMILES string of the molecule is Cn1ncc2nc(-c3ccccn3)nc(N3CCC(c4ccccn4)C3)c21. The Morgan fingerprint density at radius 2 is 1.85 bits per heavy atom. The molecule has 1 saturated heterocycles. The van der Waals surface area contributed by atoms with Crippen molar-refractivity contribution in [3.05, 3.63) is 60.7 Å². The third kappa shape index (κ3) is 2.81. The van der Waals surface area contributed by atoms with E-state index in [2.05, 4.69) is 31.0 Å². The van der Waals surface area contributed by atoms with Gasteiger partial charge >= 0.3 is 0 Å². The molecule has 0 aliphatic carbocycles. The maximum absolute atomic E-state index is 4.89. The largest absolute Gasteiger partial charge is 0.354 e. The van der Waals surface area contributed by atoms with Gasteiger partial charge in [0.2, 0.25) is 0 Å². The van der Waals surface area contributed by atoms with Crippen LogP contribution in [-0.4, -0.2) is 42.8 Å². The fourth-order valence-electron chi connectivity index (χ4n) is 3.70. The van der Waals surface area contributed by atoms with Gasteiger partial charge in [-0.2, -0.15) is 5.10 Å². The fourth-order valence-corrected chi connectivity index (χ4v) is 3.70. The summed E-state index contributed by atoms with van der Waals surface area (Å²) in [5.41, 5.74) is 3.70. The Kier molecular flexibility index (Phi) is 3.78. The van der Waals surface area contributed by atoms with Crippen molar-refractivity contribution in [2.75, 3.05) is 18.0 Å². The molecule has 0 amide bonds. The van der Waals surface area contributed by atoms with Crippen LogP contribution in [0.1, 0.15) is 18.0 Å². The molecule has 5 rings (SSSR count). The topological polar surface area (TPSA) is 72.6 Å². The van der Waals surface area contributed by atoms with Gasteiger partial charge in [0.1, 0.15) is 16.7 Å². The second-order valence-corrected chi connectivity index (χ2v) is 6.77. The maximum atomic E-state index is 4.89. The molecule has 1 aliphatic heterocycles. The summed E-state index contributed by atoms with van der Waals surface area (Å²) < 4.78 is 1.85. The number of aryl methyl sites for hydroxylation is 1. The van der Waals surface area contributed by atoms with Gasteiger partial charge in [0, 0.05) is 44.1 Å². The molecule has 0 spiro atoms. The van der Waals surface area contributed by atoms with Crippen molar-refractivity contribution in [2.24, 2.45) is 7.05 Å². The average Bonchev–Trinajstić information content (AvgIpc) is 3.36. The van der Waals surface area contributed by atoms with Gasteiger partial charge in [0.05, 0.1) is 6.20 Å². The maximum Gasteiger partial charge on any atom is 0.180 e. The Balaban J connectivity index is 1.57. The van der Waals surface area contributed by atoms with E-state index in [-0.39, 0.29) is 0 Å². The van der Waals surface area contributed by atoms with Gasteiger partial charge in [-0.15, -0.1) is 0 Å². The van der Waals surface area contributed by atoms with E-state index < -0.39 is 0 Å². The molecule has 0 N–H and O–H groups in total. The van der Waals surface area contributed by atoms with E-state index in [0.717, 1.165) is 47.7 Å². The average molecular weight is 357 g/mol. The highest BCUT2D eigenvalue weighted by atomic mass is 15.3. The first-order valence-electron chi connectivity index (χ1n) is 9.06. The van der Waals surface area contributed by atoms with E-state index in [4.69, 9.17) is 4.98 Å². The van der Waals surface area contributed by atoms with E-state index >= 15 is 0 Å². The highest BCUT2D eigenvalue weighted by Gasteiger charge is 2.28. The summed E-state index contributed by atoms with van der Waals surface area (Å²) in [7, 11) is 1.93. The van der Waals surface area contributed by atoms with Crippen LogP contribution < -0.4 is 4.90 Å². The molecule has 1 aliphatic rings. The van der Waals surface area contributed by atoms with Crippen molar-refractivity contribution in [1.29, 1.82) is 0 Å². The molecule has 0 radical (unpaired) electrons. The molecule has 4 aromatic rings. The summed E-state index contributed by atoms with van der Waals surface area (Å²) in [6.07, 6.45) is 6.47. The van der Waals surface area contributed by atoms with Gasteiger partial charge in [-0.25, -0.2) is 9.97 Å². The summed E-state index contributed by atoms with van der Waals surface area (Å²) in [4.78, 5) is 20.8. The Hall–Kier alpha value is -3.35. The van der Waals surface area contributed by atoms with Crippen molar-refractivity contribution >= 4 is 16.9 Å². The molecule has 1 atom stereocenters. The van der Waals surface area contributed by atoms with Gasteiger partial charge in [-0.05, 0) is 30.7 Å². The molecular weight excluding hydrogens is 338 g/mol. The van der Waals surface area contributed by atoms with Crippen LogP contribution in [0.4, 0.5) is 5.82 Å². The van der Waals surface area contributed by atoms with Crippen molar-refractivity contribution in [1.82, 2.24) is 29.7 Å². The lowest BCUT2D eigenvalue weighted by atomic mass is 10.0. The lowest BCUT2D eigenvalue weighted by Crippen LogP contribution is -2.22. The van der Waals surface area contributed by atoms with Crippen LogP contribution in [0.15, 0.2) is 55.0 Å². The van der Waals surface area contributed by atoms with Crippen LogP contribution >= 0.6 is 0 Å². The normalized spacial score (nSPS) is 16.9. The third-order valence-electron chi connectivity index (χ3n) is 5.06. The molecule has 7 nitrogen and oxygen atoms in total. The zero-order valence-corrected chi connectivity index (χ0v) is 15.0. The first-order chi connectivity index (χ1) is 13.3.